The number of hydrogen-bond donors (Lipinski definition) is 1. The number of aliphatic hydroxyl groups is 1. The summed E-state index contributed by atoms with van der Waals surface area (Å²) in [6.07, 6.45) is -0.00320. The molecule has 1 N–H and O–H groups in total. The molecule has 7 nitrogen and oxygen atoms in total. The average Bonchev–Trinajstić information content (AvgIpc) is 3.17. The van der Waals surface area contributed by atoms with Gasteiger partial charge < -0.3 is 19.3 Å². The van der Waals surface area contributed by atoms with Crippen molar-refractivity contribution in [2.24, 2.45) is 5.92 Å². The Hall–Kier alpha value is -4.26. The molecule has 198 valence electrons. The van der Waals surface area contributed by atoms with Gasteiger partial charge >= 0.3 is 0 Å². The molecule has 0 bridgehead atoms. The summed E-state index contributed by atoms with van der Waals surface area (Å²) in [5, 5.41) is 11.4. The average molecular weight is 516 g/mol. The smallest absolute Gasteiger partial charge is 0.300 e. The van der Waals surface area contributed by atoms with E-state index in [1.807, 2.05) is 13.8 Å². The third-order valence-corrected chi connectivity index (χ3v) is 6.07. The fourth-order valence-electron chi connectivity index (χ4n) is 4.29. The maximum Gasteiger partial charge on any atom is 0.300 e. The van der Waals surface area contributed by atoms with Crippen molar-refractivity contribution in [2.75, 3.05) is 18.6 Å². The first-order valence-electron chi connectivity index (χ1n) is 12.6. The first-order valence-corrected chi connectivity index (χ1v) is 12.6. The monoisotopic (exact) mass is 515 g/mol. The van der Waals surface area contributed by atoms with Crippen LogP contribution in [0.25, 0.3) is 5.76 Å². The number of Topliss-reactive ketones (excluding diaryl/α,β-unsaturated/α-hetero) is 1. The maximum atomic E-state index is 13.4. The van der Waals surface area contributed by atoms with Crippen molar-refractivity contribution >= 4 is 23.1 Å². The van der Waals surface area contributed by atoms with Crippen LogP contribution in [0, 0.1) is 5.92 Å². The second-order valence-corrected chi connectivity index (χ2v) is 9.83. The van der Waals surface area contributed by atoms with Gasteiger partial charge in [-0.2, -0.15) is 0 Å². The van der Waals surface area contributed by atoms with Gasteiger partial charge in [0.1, 0.15) is 23.0 Å². The molecule has 1 aliphatic heterocycles. The Morgan fingerprint density at radius 1 is 0.842 bits per heavy atom. The lowest BCUT2D eigenvalue weighted by molar-refractivity contribution is -0.132. The quantitative estimate of drug-likeness (QED) is 0.209. The number of ketones is 1. The SMILES string of the molecule is COc1ccc(C2/C(=C(\O)c3ccc(OCC(C)C)cc3)C(=O)C(=O)N2c2ccc(OC(C)C)cc2)cc1. The molecule has 3 aromatic rings. The van der Waals surface area contributed by atoms with Crippen molar-refractivity contribution in [2.45, 2.75) is 39.8 Å². The summed E-state index contributed by atoms with van der Waals surface area (Å²) in [5.41, 5.74) is 1.60. The summed E-state index contributed by atoms with van der Waals surface area (Å²) >= 11 is 0. The van der Waals surface area contributed by atoms with Crippen LogP contribution in [-0.4, -0.2) is 36.6 Å². The van der Waals surface area contributed by atoms with E-state index in [2.05, 4.69) is 13.8 Å². The van der Waals surface area contributed by atoms with Crippen LogP contribution in [-0.2, 0) is 9.59 Å². The normalized spacial score (nSPS) is 16.8. The van der Waals surface area contributed by atoms with E-state index in [1.54, 1.807) is 79.9 Å². The van der Waals surface area contributed by atoms with Crippen molar-refractivity contribution < 1.29 is 28.9 Å². The Balaban J connectivity index is 1.78. The largest absolute Gasteiger partial charge is 0.507 e. The van der Waals surface area contributed by atoms with Gasteiger partial charge in [-0.25, -0.2) is 0 Å². The minimum absolute atomic E-state index is 0.00320. The molecule has 1 unspecified atom stereocenters. The Bertz CT molecular complexity index is 1310. The lowest BCUT2D eigenvalue weighted by Crippen LogP contribution is -2.29. The molecule has 3 aromatic carbocycles. The van der Waals surface area contributed by atoms with Crippen LogP contribution in [0.5, 0.6) is 17.2 Å². The Kier molecular flexibility index (Phi) is 8.05. The van der Waals surface area contributed by atoms with Gasteiger partial charge in [0, 0.05) is 11.3 Å². The molecule has 1 fully saturated rings. The number of rotatable bonds is 9. The number of nitrogens with zero attached hydrogens (tertiary/aromatic N) is 1. The fraction of sp³-hybridized carbons (Fsp3) is 0.290. The summed E-state index contributed by atoms with van der Waals surface area (Å²) in [6, 6.07) is 20.1. The summed E-state index contributed by atoms with van der Waals surface area (Å²) in [5.74, 6) is 0.592. The molecular formula is C31H33NO6. The number of hydrogen-bond acceptors (Lipinski definition) is 6. The summed E-state index contributed by atoms with van der Waals surface area (Å²) in [6.45, 7) is 8.54. The minimum atomic E-state index is -0.838. The summed E-state index contributed by atoms with van der Waals surface area (Å²) in [7, 11) is 1.57. The van der Waals surface area contributed by atoms with Gasteiger partial charge in [-0.3, -0.25) is 14.5 Å². The predicted molar refractivity (Wildman–Crippen MR) is 147 cm³/mol. The van der Waals surface area contributed by atoms with Crippen LogP contribution in [0.4, 0.5) is 5.69 Å². The molecule has 0 saturated carbocycles. The van der Waals surface area contributed by atoms with E-state index in [4.69, 9.17) is 14.2 Å². The van der Waals surface area contributed by atoms with Gasteiger partial charge in [-0.15, -0.1) is 0 Å². The Labute approximate surface area is 223 Å². The van der Waals surface area contributed by atoms with Crippen molar-refractivity contribution in [3.05, 3.63) is 89.5 Å². The molecule has 0 aliphatic carbocycles. The first-order chi connectivity index (χ1) is 18.2. The second kappa shape index (κ2) is 11.4. The van der Waals surface area contributed by atoms with E-state index in [1.165, 1.54) is 4.90 Å². The molecule has 1 atom stereocenters. The molecule has 1 aliphatic rings. The number of benzene rings is 3. The van der Waals surface area contributed by atoms with Crippen LogP contribution < -0.4 is 19.1 Å². The minimum Gasteiger partial charge on any atom is -0.507 e. The molecule has 0 spiro atoms. The topological polar surface area (TPSA) is 85.3 Å². The van der Waals surface area contributed by atoms with Crippen molar-refractivity contribution in [3.63, 3.8) is 0 Å². The summed E-state index contributed by atoms with van der Waals surface area (Å²) < 4.78 is 16.8. The van der Waals surface area contributed by atoms with Crippen LogP contribution in [0.1, 0.15) is 44.9 Å². The third-order valence-electron chi connectivity index (χ3n) is 6.07. The molecule has 4 rings (SSSR count). The van der Waals surface area contributed by atoms with Crippen LogP contribution >= 0.6 is 0 Å². The van der Waals surface area contributed by atoms with Crippen LogP contribution in [0.15, 0.2) is 78.4 Å². The standard InChI is InChI=1S/C31H33NO6/c1-19(2)18-37-25-14-8-22(9-15-25)29(33)27-28(21-6-12-24(36-5)13-7-21)32(31(35)30(27)34)23-10-16-26(17-11-23)38-20(3)4/h6-17,19-20,28,33H,18H2,1-5H3/b29-27+. The molecular weight excluding hydrogens is 482 g/mol. The van der Waals surface area contributed by atoms with Gasteiger partial charge in [0.15, 0.2) is 0 Å². The molecule has 38 heavy (non-hydrogen) atoms. The number of carbonyl (C=O) groups excluding carboxylic acids is 2. The number of amides is 1. The van der Waals surface area contributed by atoms with Gasteiger partial charge in [-0.05, 0) is 86.0 Å². The van der Waals surface area contributed by atoms with Crippen LogP contribution in [0.2, 0.25) is 0 Å². The maximum absolute atomic E-state index is 13.4. The molecule has 1 heterocycles. The lowest BCUT2D eigenvalue weighted by Gasteiger charge is -2.26. The molecule has 0 aromatic heterocycles. The van der Waals surface area contributed by atoms with E-state index >= 15 is 0 Å². The molecule has 1 amide bonds. The highest BCUT2D eigenvalue weighted by atomic mass is 16.5. The zero-order valence-electron chi connectivity index (χ0n) is 22.3. The third kappa shape index (κ3) is 5.67. The van der Waals surface area contributed by atoms with Crippen molar-refractivity contribution in [1.82, 2.24) is 0 Å². The van der Waals surface area contributed by atoms with E-state index in [9.17, 15) is 14.7 Å². The molecule has 1 saturated heterocycles. The van der Waals surface area contributed by atoms with Crippen molar-refractivity contribution in [3.8, 4) is 17.2 Å². The summed E-state index contributed by atoms with van der Waals surface area (Å²) in [4.78, 5) is 28.2. The Morgan fingerprint density at radius 2 is 1.42 bits per heavy atom. The van der Waals surface area contributed by atoms with Gasteiger partial charge in [0.25, 0.3) is 11.7 Å². The Morgan fingerprint density at radius 3 is 1.97 bits per heavy atom. The highest BCUT2D eigenvalue weighted by Crippen LogP contribution is 2.43. The second-order valence-electron chi connectivity index (χ2n) is 9.83. The van der Waals surface area contributed by atoms with E-state index < -0.39 is 17.7 Å². The number of methoxy groups -OCH3 is 1. The number of carbonyl (C=O) groups is 2. The number of anilines is 1. The molecule has 7 heteroatoms. The van der Waals surface area contributed by atoms with Crippen molar-refractivity contribution in [1.29, 1.82) is 0 Å². The van der Waals surface area contributed by atoms with E-state index in [0.717, 1.165) is 0 Å². The van der Waals surface area contributed by atoms with E-state index in [0.29, 0.717) is 46.6 Å². The fourth-order valence-corrected chi connectivity index (χ4v) is 4.29. The molecule has 0 radical (unpaired) electrons. The number of ether oxygens (including phenoxy) is 3. The zero-order chi connectivity index (χ0) is 27.4. The predicted octanol–water partition coefficient (Wildman–Crippen LogP) is 6.14. The van der Waals surface area contributed by atoms with E-state index in [-0.39, 0.29) is 17.4 Å². The van der Waals surface area contributed by atoms with Gasteiger partial charge in [0.2, 0.25) is 0 Å². The number of aliphatic hydroxyl groups excluding tert-OH is 1. The van der Waals surface area contributed by atoms with Gasteiger partial charge in [-0.1, -0.05) is 26.0 Å². The highest BCUT2D eigenvalue weighted by molar-refractivity contribution is 6.51. The lowest BCUT2D eigenvalue weighted by atomic mass is 9.95. The van der Waals surface area contributed by atoms with Crippen LogP contribution in [0.3, 0.4) is 0 Å². The van der Waals surface area contributed by atoms with Gasteiger partial charge in [0.05, 0.1) is 31.4 Å². The highest BCUT2D eigenvalue weighted by Gasteiger charge is 2.47. The first kappa shape index (κ1) is 26.8. The zero-order valence-corrected chi connectivity index (χ0v) is 22.3.